The van der Waals surface area contributed by atoms with E-state index in [1.165, 1.54) is 7.11 Å². The first-order valence-corrected chi connectivity index (χ1v) is 8.10. The monoisotopic (exact) mass is 311 g/mol. The summed E-state index contributed by atoms with van der Waals surface area (Å²) in [6.07, 6.45) is 0. The van der Waals surface area contributed by atoms with Crippen LogP contribution in [0.5, 0.6) is 5.75 Å². The maximum atomic E-state index is 12.2. The highest BCUT2D eigenvalue weighted by molar-refractivity contribution is 7.92. The molecule has 0 bridgehead atoms. The van der Waals surface area contributed by atoms with Gasteiger partial charge in [-0.3, -0.25) is 4.72 Å². The van der Waals surface area contributed by atoms with E-state index in [4.69, 9.17) is 9.84 Å². The molecule has 0 amide bonds. The summed E-state index contributed by atoms with van der Waals surface area (Å²) < 4.78 is 32.0. The van der Waals surface area contributed by atoms with Gasteiger partial charge < -0.3 is 9.84 Å². The molecule has 0 saturated carbocycles. The Kier molecular flexibility index (Phi) is 5.64. The predicted octanol–water partition coefficient (Wildman–Crippen LogP) is 1.83. The Hall–Kier alpha value is -1.71. The zero-order valence-electron chi connectivity index (χ0n) is 12.7. The van der Waals surface area contributed by atoms with Gasteiger partial charge in [0.2, 0.25) is 10.0 Å². The normalized spacial score (nSPS) is 11.5. The molecule has 0 aromatic heterocycles. The van der Waals surface area contributed by atoms with Crippen LogP contribution in [-0.4, -0.2) is 33.0 Å². The molecule has 0 heterocycles. The fraction of sp³-hybridized carbons (Fsp3) is 0.467. The second-order valence-electron chi connectivity index (χ2n) is 5.80. The number of anilines is 1. The minimum absolute atomic E-state index is 0.00427. The molecule has 0 saturated heterocycles. The quantitative estimate of drug-likeness (QED) is 0.832. The molecule has 21 heavy (non-hydrogen) atoms. The van der Waals surface area contributed by atoms with E-state index in [0.29, 0.717) is 17.0 Å². The van der Waals surface area contributed by atoms with E-state index in [2.05, 4.69) is 16.6 Å². The molecule has 6 heteroatoms. The van der Waals surface area contributed by atoms with Gasteiger partial charge in [-0.2, -0.15) is 0 Å². The van der Waals surface area contributed by atoms with E-state index < -0.39 is 10.0 Å². The van der Waals surface area contributed by atoms with Crippen LogP contribution < -0.4 is 9.46 Å². The Morgan fingerprint density at radius 3 is 2.52 bits per heavy atom. The fourth-order valence-electron chi connectivity index (χ4n) is 1.78. The number of aliphatic hydroxyl groups excluding tert-OH is 1. The van der Waals surface area contributed by atoms with Gasteiger partial charge in [-0.1, -0.05) is 32.6 Å². The molecule has 0 radical (unpaired) electrons. The highest BCUT2D eigenvalue weighted by Crippen LogP contribution is 2.27. The zero-order chi connectivity index (χ0) is 16.1. The number of hydrogen-bond donors (Lipinski definition) is 2. The van der Waals surface area contributed by atoms with Gasteiger partial charge in [-0.05, 0) is 23.6 Å². The third-order valence-corrected chi connectivity index (χ3v) is 4.18. The van der Waals surface area contributed by atoms with Crippen molar-refractivity contribution in [3.05, 3.63) is 23.8 Å². The molecule has 0 spiro atoms. The van der Waals surface area contributed by atoms with Crippen molar-refractivity contribution in [2.75, 3.05) is 24.2 Å². The SMILES string of the molecule is COc1ccc(C#CCO)cc1NS(=O)(=O)CC(C)(C)C. The van der Waals surface area contributed by atoms with E-state index in [1.54, 1.807) is 18.2 Å². The van der Waals surface area contributed by atoms with Gasteiger partial charge in [0.15, 0.2) is 0 Å². The van der Waals surface area contributed by atoms with Crippen LogP contribution in [0.15, 0.2) is 18.2 Å². The molecule has 0 fully saturated rings. The number of rotatable bonds is 4. The lowest BCUT2D eigenvalue weighted by atomic mass is 10.0. The maximum absolute atomic E-state index is 12.2. The lowest BCUT2D eigenvalue weighted by Gasteiger charge is -2.19. The van der Waals surface area contributed by atoms with Crippen molar-refractivity contribution < 1.29 is 18.3 Å². The summed E-state index contributed by atoms with van der Waals surface area (Å²) in [4.78, 5) is 0. The van der Waals surface area contributed by atoms with E-state index >= 15 is 0 Å². The van der Waals surface area contributed by atoms with Crippen LogP contribution in [0.2, 0.25) is 0 Å². The van der Waals surface area contributed by atoms with Gasteiger partial charge in [-0.25, -0.2) is 8.42 Å². The van der Waals surface area contributed by atoms with Crippen LogP contribution in [0.1, 0.15) is 26.3 Å². The van der Waals surface area contributed by atoms with Crippen molar-refractivity contribution in [2.45, 2.75) is 20.8 Å². The smallest absolute Gasteiger partial charge is 0.233 e. The number of nitrogens with one attached hydrogen (secondary N) is 1. The van der Waals surface area contributed by atoms with Crippen LogP contribution in [0.25, 0.3) is 0 Å². The number of sulfonamides is 1. The molecule has 1 aromatic rings. The third kappa shape index (κ3) is 6.06. The summed E-state index contributed by atoms with van der Waals surface area (Å²) in [5.41, 5.74) is 0.581. The van der Waals surface area contributed by atoms with Crippen molar-refractivity contribution in [1.29, 1.82) is 0 Å². The van der Waals surface area contributed by atoms with Crippen molar-refractivity contribution in [1.82, 2.24) is 0 Å². The Balaban J connectivity index is 3.10. The van der Waals surface area contributed by atoms with E-state index in [1.807, 2.05) is 20.8 Å². The average Bonchev–Trinajstić information content (AvgIpc) is 2.33. The second-order valence-corrected chi connectivity index (χ2v) is 7.52. The van der Waals surface area contributed by atoms with Gasteiger partial charge in [0, 0.05) is 5.56 Å². The summed E-state index contributed by atoms with van der Waals surface area (Å²) in [5, 5.41) is 8.70. The summed E-state index contributed by atoms with van der Waals surface area (Å²) in [6, 6.07) is 4.92. The van der Waals surface area contributed by atoms with Gasteiger partial charge >= 0.3 is 0 Å². The lowest BCUT2D eigenvalue weighted by molar-refractivity contribution is 0.350. The first-order chi connectivity index (χ1) is 9.67. The van der Waals surface area contributed by atoms with Gasteiger partial charge in [-0.15, -0.1) is 0 Å². The van der Waals surface area contributed by atoms with Crippen molar-refractivity contribution in [2.24, 2.45) is 5.41 Å². The number of hydrogen-bond acceptors (Lipinski definition) is 4. The van der Waals surface area contributed by atoms with Gasteiger partial charge in [0.1, 0.15) is 12.4 Å². The van der Waals surface area contributed by atoms with Crippen molar-refractivity contribution in [3.63, 3.8) is 0 Å². The van der Waals surface area contributed by atoms with Crippen LogP contribution in [-0.2, 0) is 10.0 Å². The first kappa shape index (κ1) is 17.3. The minimum atomic E-state index is -3.49. The number of aliphatic hydroxyl groups is 1. The Labute approximate surface area is 126 Å². The maximum Gasteiger partial charge on any atom is 0.233 e. The fourth-order valence-corrected chi connectivity index (χ4v) is 3.49. The molecule has 0 atom stereocenters. The van der Waals surface area contributed by atoms with Crippen LogP contribution in [0.4, 0.5) is 5.69 Å². The molecule has 0 aliphatic carbocycles. The highest BCUT2D eigenvalue weighted by atomic mass is 32.2. The topological polar surface area (TPSA) is 75.6 Å². The Bertz CT molecular complexity index is 648. The average molecular weight is 311 g/mol. The van der Waals surface area contributed by atoms with Crippen LogP contribution in [0, 0.1) is 17.3 Å². The molecule has 5 nitrogen and oxygen atoms in total. The lowest BCUT2D eigenvalue weighted by Crippen LogP contribution is -2.26. The van der Waals surface area contributed by atoms with E-state index in [-0.39, 0.29) is 17.8 Å². The van der Waals surface area contributed by atoms with Crippen LogP contribution >= 0.6 is 0 Å². The number of benzene rings is 1. The van der Waals surface area contributed by atoms with Crippen LogP contribution in [0.3, 0.4) is 0 Å². The molecular weight excluding hydrogens is 290 g/mol. The molecule has 1 aromatic carbocycles. The third-order valence-electron chi connectivity index (χ3n) is 2.40. The number of methoxy groups -OCH3 is 1. The van der Waals surface area contributed by atoms with Crippen molar-refractivity contribution in [3.8, 4) is 17.6 Å². The van der Waals surface area contributed by atoms with Crippen molar-refractivity contribution >= 4 is 15.7 Å². The Morgan fingerprint density at radius 1 is 1.33 bits per heavy atom. The second kappa shape index (κ2) is 6.83. The Morgan fingerprint density at radius 2 is 2.00 bits per heavy atom. The standard InChI is InChI=1S/C15H21NO4S/c1-15(2,3)11-21(18,19)16-13-10-12(6-5-9-17)7-8-14(13)20-4/h7-8,10,16-17H,9,11H2,1-4H3. The summed E-state index contributed by atoms with van der Waals surface area (Å²) in [6.45, 7) is 5.31. The molecule has 0 unspecified atom stereocenters. The van der Waals surface area contributed by atoms with Gasteiger partial charge in [0.05, 0.1) is 18.6 Å². The van der Waals surface area contributed by atoms with Gasteiger partial charge in [0.25, 0.3) is 0 Å². The minimum Gasteiger partial charge on any atom is -0.495 e. The highest BCUT2D eigenvalue weighted by Gasteiger charge is 2.22. The summed E-state index contributed by atoms with van der Waals surface area (Å²) >= 11 is 0. The molecule has 0 aliphatic heterocycles. The van der Waals surface area contributed by atoms with E-state index in [0.717, 1.165) is 0 Å². The number of ether oxygens (including phenoxy) is 1. The van der Waals surface area contributed by atoms with E-state index in [9.17, 15) is 8.42 Å². The molecule has 2 N–H and O–H groups in total. The predicted molar refractivity (Wildman–Crippen MR) is 83.8 cm³/mol. The molecule has 0 aliphatic rings. The summed E-state index contributed by atoms with van der Waals surface area (Å²) in [5.74, 6) is 5.66. The molecular formula is C15H21NO4S. The summed E-state index contributed by atoms with van der Waals surface area (Å²) in [7, 11) is -2.02. The zero-order valence-corrected chi connectivity index (χ0v) is 13.5. The molecule has 116 valence electrons. The first-order valence-electron chi connectivity index (χ1n) is 6.45. The largest absolute Gasteiger partial charge is 0.495 e. The molecule has 1 rings (SSSR count).